The van der Waals surface area contributed by atoms with E-state index >= 15 is 0 Å². The lowest BCUT2D eigenvalue weighted by Crippen LogP contribution is -2.01. The maximum Gasteiger partial charge on any atom is 0.337 e. The van der Waals surface area contributed by atoms with Gasteiger partial charge in [-0.15, -0.1) is 0 Å². The third-order valence-electron chi connectivity index (χ3n) is 2.42. The molecule has 0 atom stereocenters. The highest BCUT2D eigenvalue weighted by molar-refractivity contribution is 5.89. The van der Waals surface area contributed by atoms with Crippen molar-refractivity contribution in [1.82, 2.24) is 0 Å². The molecule has 0 aliphatic rings. The van der Waals surface area contributed by atoms with Crippen LogP contribution in [0.1, 0.15) is 28.8 Å². The van der Waals surface area contributed by atoms with Gasteiger partial charge in [0.05, 0.1) is 19.3 Å². The van der Waals surface area contributed by atoms with Gasteiger partial charge in [-0.1, -0.05) is 12.1 Å². The Balaban J connectivity index is 2.35. The van der Waals surface area contributed by atoms with Crippen molar-refractivity contribution in [3.05, 3.63) is 35.4 Å². The first-order valence-electron chi connectivity index (χ1n) is 5.50. The van der Waals surface area contributed by atoms with E-state index in [0.29, 0.717) is 18.6 Å². The first kappa shape index (κ1) is 13.2. The second-order valence-corrected chi connectivity index (χ2v) is 3.61. The number of rotatable bonds is 7. The Hall–Kier alpha value is -1.84. The highest BCUT2D eigenvalue weighted by Gasteiger charge is 2.03. The number of benzene rings is 1. The van der Waals surface area contributed by atoms with Gasteiger partial charge in [-0.3, -0.25) is 4.79 Å². The standard InChI is InChI=1S/C13H16O4/c1-16-13(15)12-7-5-11(6-8-12)4-2-3-9-17-10-14/h5-8,10H,2-4,9H2,1H3. The van der Waals surface area contributed by atoms with Crippen LogP contribution < -0.4 is 0 Å². The van der Waals surface area contributed by atoms with E-state index in [4.69, 9.17) is 0 Å². The summed E-state index contributed by atoms with van der Waals surface area (Å²) in [4.78, 5) is 21.1. The van der Waals surface area contributed by atoms with Crippen molar-refractivity contribution in [2.24, 2.45) is 0 Å². The van der Waals surface area contributed by atoms with Gasteiger partial charge in [0.25, 0.3) is 6.47 Å². The molecule has 0 amide bonds. The van der Waals surface area contributed by atoms with Gasteiger partial charge in [0.15, 0.2) is 0 Å². The topological polar surface area (TPSA) is 52.6 Å². The van der Waals surface area contributed by atoms with Gasteiger partial charge < -0.3 is 9.47 Å². The summed E-state index contributed by atoms with van der Waals surface area (Å²) >= 11 is 0. The maximum atomic E-state index is 11.2. The minimum atomic E-state index is -0.323. The number of carbonyl (C=O) groups is 2. The molecule has 92 valence electrons. The zero-order valence-corrected chi connectivity index (χ0v) is 9.85. The molecule has 0 aliphatic heterocycles. The molecule has 0 spiro atoms. The van der Waals surface area contributed by atoms with Gasteiger partial charge in [0, 0.05) is 0 Å². The maximum absolute atomic E-state index is 11.2. The van der Waals surface area contributed by atoms with Crippen LogP contribution in [0, 0.1) is 0 Å². The smallest absolute Gasteiger partial charge is 0.337 e. The summed E-state index contributed by atoms with van der Waals surface area (Å²) in [7, 11) is 1.36. The first-order chi connectivity index (χ1) is 8.27. The van der Waals surface area contributed by atoms with E-state index in [9.17, 15) is 9.59 Å². The second kappa shape index (κ2) is 7.44. The Bertz CT molecular complexity index is 356. The average Bonchev–Trinajstić information content (AvgIpc) is 2.38. The lowest BCUT2D eigenvalue weighted by molar-refractivity contribution is -0.128. The number of esters is 1. The third kappa shape index (κ3) is 4.68. The molecule has 0 heterocycles. The lowest BCUT2D eigenvalue weighted by atomic mass is 10.1. The van der Waals surface area contributed by atoms with E-state index in [0.717, 1.165) is 24.8 Å². The average molecular weight is 236 g/mol. The largest absolute Gasteiger partial charge is 0.468 e. The number of unbranched alkanes of at least 4 members (excludes halogenated alkanes) is 1. The minimum Gasteiger partial charge on any atom is -0.468 e. The Kier molecular flexibility index (Phi) is 5.79. The van der Waals surface area contributed by atoms with E-state index < -0.39 is 0 Å². The van der Waals surface area contributed by atoms with Crippen LogP contribution in [0.25, 0.3) is 0 Å². The number of ether oxygens (including phenoxy) is 2. The minimum absolute atomic E-state index is 0.323. The number of aryl methyl sites for hydroxylation is 1. The molecule has 0 saturated heterocycles. The Morgan fingerprint density at radius 3 is 2.53 bits per heavy atom. The molecule has 17 heavy (non-hydrogen) atoms. The van der Waals surface area contributed by atoms with Crippen LogP contribution in [-0.2, 0) is 20.7 Å². The predicted octanol–water partition coefficient (Wildman–Crippen LogP) is 1.97. The Labute approximate surface area is 101 Å². The van der Waals surface area contributed by atoms with Gasteiger partial charge >= 0.3 is 5.97 Å². The Morgan fingerprint density at radius 1 is 1.24 bits per heavy atom. The van der Waals surface area contributed by atoms with Crippen molar-refractivity contribution in [1.29, 1.82) is 0 Å². The molecule has 4 nitrogen and oxygen atoms in total. The molecule has 0 radical (unpaired) electrons. The zero-order valence-electron chi connectivity index (χ0n) is 9.85. The molecule has 0 unspecified atom stereocenters. The van der Waals surface area contributed by atoms with Crippen molar-refractivity contribution in [2.75, 3.05) is 13.7 Å². The van der Waals surface area contributed by atoms with Crippen molar-refractivity contribution in [2.45, 2.75) is 19.3 Å². The van der Waals surface area contributed by atoms with E-state index in [2.05, 4.69) is 9.47 Å². The van der Waals surface area contributed by atoms with E-state index in [1.165, 1.54) is 7.11 Å². The van der Waals surface area contributed by atoms with Crippen molar-refractivity contribution in [3.63, 3.8) is 0 Å². The quantitative estimate of drug-likeness (QED) is 0.412. The van der Waals surface area contributed by atoms with Crippen LogP contribution in [0.5, 0.6) is 0 Å². The zero-order chi connectivity index (χ0) is 12.5. The van der Waals surface area contributed by atoms with E-state index in [1.54, 1.807) is 12.1 Å². The van der Waals surface area contributed by atoms with Gasteiger partial charge in [0.1, 0.15) is 0 Å². The number of hydrogen-bond acceptors (Lipinski definition) is 4. The van der Waals surface area contributed by atoms with Gasteiger partial charge in [-0.25, -0.2) is 4.79 Å². The summed E-state index contributed by atoms with van der Waals surface area (Å²) in [5, 5.41) is 0. The van der Waals surface area contributed by atoms with Crippen LogP contribution in [0.3, 0.4) is 0 Å². The number of carbonyl (C=O) groups excluding carboxylic acids is 2. The van der Waals surface area contributed by atoms with Crippen LogP contribution in [0.15, 0.2) is 24.3 Å². The molecule has 0 aromatic heterocycles. The summed E-state index contributed by atoms with van der Waals surface area (Å²) in [6, 6.07) is 7.33. The molecule has 1 rings (SSSR count). The van der Waals surface area contributed by atoms with Crippen LogP contribution in [0.2, 0.25) is 0 Å². The summed E-state index contributed by atoms with van der Waals surface area (Å²) in [5.41, 5.74) is 1.71. The van der Waals surface area contributed by atoms with Gasteiger partial charge in [-0.05, 0) is 37.0 Å². The number of methoxy groups -OCH3 is 1. The molecule has 4 heteroatoms. The van der Waals surface area contributed by atoms with E-state index in [1.807, 2.05) is 12.1 Å². The molecule has 0 fully saturated rings. The summed E-state index contributed by atoms with van der Waals surface area (Å²) in [6.45, 7) is 0.925. The highest BCUT2D eigenvalue weighted by atomic mass is 16.5. The summed E-state index contributed by atoms with van der Waals surface area (Å²) in [6.07, 6.45) is 2.70. The van der Waals surface area contributed by atoms with Crippen LogP contribution in [-0.4, -0.2) is 26.2 Å². The monoisotopic (exact) mass is 236 g/mol. The van der Waals surface area contributed by atoms with Gasteiger partial charge in [-0.2, -0.15) is 0 Å². The number of hydrogen-bond donors (Lipinski definition) is 0. The molecular weight excluding hydrogens is 220 g/mol. The fourth-order valence-corrected chi connectivity index (χ4v) is 1.49. The molecule has 1 aromatic rings. The van der Waals surface area contributed by atoms with Crippen LogP contribution >= 0.6 is 0 Å². The summed E-state index contributed by atoms with van der Waals surface area (Å²) < 4.78 is 9.21. The van der Waals surface area contributed by atoms with Crippen LogP contribution in [0.4, 0.5) is 0 Å². The summed E-state index contributed by atoms with van der Waals surface area (Å²) in [5.74, 6) is -0.323. The lowest BCUT2D eigenvalue weighted by Gasteiger charge is -2.03. The first-order valence-corrected chi connectivity index (χ1v) is 5.50. The third-order valence-corrected chi connectivity index (χ3v) is 2.42. The molecule has 0 saturated carbocycles. The molecule has 0 bridgehead atoms. The predicted molar refractivity (Wildman–Crippen MR) is 62.7 cm³/mol. The van der Waals surface area contributed by atoms with Crippen molar-refractivity contribution >= 4 is 12.4 Å². The van der Waals surface area contributed by atoms with Crippen molar-refractivity contribution < 1.29 is 19.1 Å². The fraction of sp³-hybridized carbons (Fsp3) is 0.385. The van der Waals surface area contributed by atoms with Gasteiger partial charge in [0.2, 0.25) is 0 Å². The van der Waals surface area contributed by atoms with Crippen molar-refractivity contribution in [3.8, 4) is 0 Å². The highest BCUT2D eigenvalue weighted by Crippen LogP contribution is 2.08. The molecular formula is C13H16O4. The molecule has 1 aromatic carbocycles. The Morgan fingerprint density at radius 2 is 1.94 bits per heavy atom. The fourth-order valence-electron chi connectivity index (χ4n) is 1.49. The normalized spacial score (nSPS) is 9.71. The molecule has 0 aliphatic carbocycles. The second-order valence-electron chi connectivity index (χ2n) is 3.61. The molecule has 0 N–H and O–H groups in total. The SMILES string of the molecule is COC(=O)c1ccc(CCCCOC=O)cc1. The van der Waals surface area contributed by atoms with E-state index in [-0.39, 0.29) is 5.97 Å².